The molecule has 0 atom stereocenters. The summed E-state index contributed by atoms with van der Waals surface area (Å²) in [6, 6.07) is 9.41. The van der Waals surface area contributed by atoms with E-state index in [1.54, 1.807) is 18.2 Å². The van der Waals surface area contributed by atoms with Gasteiger partial charge in [-0.15, -0.1) is 0 Å². The predicted octanol–water partition coefficient (Wildman–Crippen LogP) is 3.70. The molecule has 1 N–H and O–H groups in total. The van der Waals surface area contributed by atoms with Crippen LogP contribution in [0.5, 0.6) is 0 Å². The zero-order valence-corrected chi connectivity index (χ0v) is 13.6. The molecule has 1 aromatic heterocycles. The maximum absolute atomic E-state index is 14.4. The number of aromatic amines is 1. The lowest BCUT2D eigenvalue weighted by Crippen LogP contribution is -2.24. The van der Waals surface area contributed by atoms with Gasteiger partial charge in [-0.3, -0.25) is 10.1 Å². The summed E-state index contributed by atoms with van der Waals surface area (Å²) in [4.78, 5) is 6.33. The van der Waals surface area contributed by atoms with Crippen LogP contribution in [0.1, 0.15) is 16.8 Å². The van der Waals surface area contributed by atoms with Gasteiger partial charge in [0.2, 0.25) is 0 Å². The number of halogens is 2. The van der Waals surface area contributed by atoms with Crippen LogP contribution in [0.2, 0.25) is 0 Å². The second-order valence-corrected chi connectivity index (χ2v) is 6.00. The first-order valence-corrected chi connectivity index (χ1v) is 7.99. The monoisotopic (exact) mass is 338 g/mol. The molecule has 0 saturated carbocycles. The van der Waals surface area contributed by atoms with E-state index in [0.29, 0.717) is 29.2 Å². The van der Waals surface area contributed by atoms with Gasteiger partial charge >= 0.3 is 0 Å². The highest BCUT2D eigenvalue weighted by atomic mass is 19.1. The van der Waals surface area contributed by atoms with Gasteiger partial charge in [0.05, 0.1) is 23.3 Å². The molecule has 2 aromatic carbocycles. The van der Waals surface area contributed by atoms with E-state index in [1.807, 2.05) is 24.1 Å². The number of likely N-dealkylation sites (N-methyl/N-ethyl adjacent to an activating group) is 1. The van der Waals surface area contributed by atoms with Gasteiger partial charge in [0.25, 0.3) is 0 Å². The average molecular weight is 338 g/mol. The third-order valence-corrected chi connectivity index (χ3v) is 4.28. The number of benzene rings is 2. The number of rotatable bonds is 3. The minimum absolute atomic E-state index is 0.274. The lowest BCUT2D eigenvalue weighted by molar-refractivity contribution is 0.550. The Labute approximate surface area is 143 Å². The lowest BCUT2D eigenvalue weighted by Gasteiger charge is -2.14. The van der Waals surface area contributed by atoms with Crippen LogP contribution in [-0.2, 0) is 0 Å². The van der Waals surface area contributed by atoms with Crippen LogP contribution in [0.15, 0.2) is 41.4 Å². The maximum Gasteiger partial charge on any atom is 0.136 e. The number of aromatic nitrogens is 2. The molecule has 0 fully saturated rings. The minimum atomic E-state index is -0.322. The average Bonchev–Trinajstić information content (AvgIpc) is 3.19. The van der Waals surface area contributed by atoms with E-state index in [1.165, 1.54) is 18.2 Å². The zero-order valence-electron chi connectivity index (χ0n) is 13.6. The van der Waals surface area contributed by atoms with Gasteiger partial charge in [-0.25, -0.2) is 8.78 Å². The van der Waals surface area contributed by atoms with Crippen LogP contribution in [-0.4, -0.2) is 41.1 Å². The Hall–Kier alpha value is -3.02. The van der Waals surface area contributed by atoms with Gasteiger partial charge in [-0.05, 0) is 29.8 Å². The molecule has 3 aromatic rings. The highest BCUT2D eigenvalue weighted by Crippen LogP contribution is 2.24. The molecule has 0 amide bonds. The molecule has 0 unspecified atom stereocenters. The van der Waals surface area contributed by atoms with Crippen LogP contribution in [0.4, 0.5) is 8.78 Å². The highest BCUT2D eigenvalue weighted by Gasteiger charge is 2.20. The molecule has 0 bridgehead atoms. The standard InChI is InChI=1S/C19H16F2N4/c1-25-9-8-22-19(25)14-10-15-17(23-24-18(15)11-16(14)21)7-4-12-2-5-13(20)6-3-12/h2-7,10-11H,8-9H2,1H3,(H,23,24)/b7-4+. The second kappa shape index (κ2) is 6.12. The van der Waals surface area contributed by atoms with Gasteiger partial charge in [-0.1, -0.05) is 18.2 Å². The maximum atomic E-state index is 14.4. The molecular weight excluding hydrogens is 322 g/mol. The Balaban J connectivity index is 1.74. The smallest absolute Gasteiger partial charge is 0.136 e. The molecule has 1 aliphatic heterocycles. The van der Waals surface area contributed by atoms with Crippen molar-refractivity contribution in [3.05, 3.63) is 64.9 Å². The van der Waals surface area contributed by atoms with E-state index in [9.17, 15) is 8.78 Å². The van der Waals surface area contributed by atoms with Crippen LogP contribution in [0.3, 0.4) is 0 Å². The fourth-order valence-corrected chi connectivity index (χ4v) is 2.93. The largest absolute Gasteiger partial charge is 0.358 e. The molecule has 2 heterocycles. The second-order valence-electron chi connectivity index (χ2n) is 6.00. The van der Waals surface area contributed by atoms with Crippen LogP contribution < -0.4 is 0 Å². The van der Waals surface area contributed by atoms with E-state index in [4.69, 9.17) is 0 Å². The van der Waals surface area contributed by atoms with Crippen molar-refractivity contribution in [3.8, 4) is 0 Å². The minimum Gasteiger partial charge on any atom is -0.358 e. The molecule has 0 radical (unpaired) electrons. The van der Waals surface area contributed by atoms with Crippen molar-refractivity contribution in [1.29, 1.82) is 0 Å². The van der Waals surface area contributed by atoms with Crippen molar-refractivity contribution in [1.82, 2.24) is 15.1 Å². The number of H-pyrrole nitrogens is 1. The van der Waals surface area contributed by atoms with E-state index in [-0.39, 0.29) is 11.6 Å². The molecule has 6 heteroatoms. The molecule has 0 spiro atoms. The summed E-state index contributed by atoms with van der Waals surface area (Å²) in [6.07, 6.45) is 3.67. The van der Waals surface area contributed by atoms with E-state index in [2.05, 4.69) is 15.2 Å². The quantitative estimate of drug-likeness (QED) is 0.791. The molecular formula is C19H16F2N4. The fraction of sp³-hybridized carbons (Fsp3) is 0.158. The number of amidine groups is 1. The number of hydrogen-bond donors (Lipinski definition) is 1. The Morgan fingerprint density at radius 3 is 2.64 bits per heavy atom. The molecule has 1 aliphatic rings. The molecule has 0 aliphatic carbocycles. The zero-order chi connectivity index (χ0) is 17.4. The Kier molecular flexibility index (Phi) is 3.80. The molecule has 0 saturated heterocycles. The fourth-order valence-electron chi connectivity index (χ4n) is 2.93. The normalized spacial score (nSPS) is 14.7. The first kappa shape index (κ1) is 15.5. The van der Waals surface area contributed by atoms with Gasteiger partial charge in [0, 0.05) is 25.0 Å². The molecule has 4 rings (SSSR count). The lowest BCUT2D eigenvalue weighted by atomic mass is 10.1. The third kappa shape index (κ3) is 2.91. The number of fused-ring (bicyclic) bond motifs is 1. The number of hydrogen-bond acceptors (Lipinski definition) is 3. The highest BCUT2D eigenvalue weighted by molar-refractivity contribution is 6.03. The van der Waals surface area contributed by atoms with Crippen molar-refractivity contribution >= 4 is 28.9 Å². The first-order chi connectivity index (χ1) is 12.1. The third-order valence-electron chi connectivity index (χ3n) is 4.28. The van der Waals surface area contributed by atoms with Gasteiger partial charge in [0.1, 0.15) is 17.5 Å². The molecule has 4 nitrogen and oxygen atoms in total. The predicted molar refractivity (Wildman–Crippen MR) is 95.4 cm³/mol. The van der Waals surface area contributed by atoms with Gasteiger partial charge in [0.15, 0.2) is 0 Å². The van der Waals surface area contributed by atoms with Crippen LogP contribution in [0, 0.1) is 11.6 Å². The van der Waals surface area contributed by atoms with E-state index < -0.39 is 0 Å². The van der Waals surface area contributed by atoms with Crippen molar-refractivity contribution in [2.75, 3.05) is 20.1 Å². The number of nitrogens with zero attached hydrogens (tertiary/aromatic N) is 3. The summed E-state index contributed by atoms with van der Waals surface area (Å²) in [5.74, 6) is 0.0655. The van der Waals surface area contributed by atoms with Crippen molar-refractivity contribution in [2.45, 2.75) is 0 Å². The Morgan fingerprint density at radius 1 is 1.12 bits per heavy atom. The van der Waals surface area contributed by atoms with Crippen LogP contribution in [0.25, 0.3) is 23.1 Å². The SMILES string of the molecule is CN1CCN=C1c1cc2c(/C=C/c3ccc(F)cc3)n[nH]c2cc1F. The number of nitrogens with one attached hydrogen (secondary N) is 1. The van der Waals surface area contributed by atoms with Crippen molar-refractivity contribution < 1.29 is 8.78 Å². The Bertz CT molecular complexity index is 987. The van der Waals surface area contributed by atoms with Gasteiger partial charge in [-0.2, -0.15) is 5.10 Å². The van der Waals surface area contributed by atoms with Crippen molar-refractivity contribution in [3.63, 3.8) is 0 Å². The first-order valence-electron chi connectivity index (χ1n) is 7.99. The van der Waals surface area contributed by atoms with Crippen LogP contribution >= 0.6 is 0 Å². The summed E-state index contributed by atoms with van der Waals surface area (Å²) in [7, 11) is 1.90. The topological polar surface area (TPSA) is 44.3 Å². The summed E-state index contributed by atoms with van der Waals surface area (Å²) in [6.45, 7) is 1.46. The summed E-state index contributed by atoms with van der Waals surface area (Å²) in [5, 5.41) is 7.92. The van der Waals surface area contributed by atoms with E-state index >= 15 is 0 Å². The molecule has 126 valence electrons. The summed E-state index contributed by atoms with van der Waals surface area (Å²) >= 11 is 0. The number of aliphatic imine (C=N–C) groups is 1. The van der Waals surface area contributed by atoms with Gasteiger partial charge < -0.3 is 4.90 Å². The van der Waals surface area contributed by atoms with Crippen molar-refractivity contribution in [2.24, 2.45) is 4.99 Å². The Morgan fingerprint density at radius 2 is 1.92 bits per heavy atom. The van der Waals surface area contributed by atoms with E-state index in [0.717, 1.165) is 17.5 Å². The molecule has 25 heavy (non-hydrogen) atoms. The summed E-state index contributed by atoms with van der Waals surface area (Å²) in [5.41, 5.74) is 2.66. The summed E-state index contributed by atoms with van der Waals surface area (Å²) < 4.78 is 27.4.